The van der Waals surface area contributed by atoms with Gasteiger partial charge in [-0.25, -0.2) is 14.2 Å². The van der Waals surface area contributed by atoms with Crippen LogP contribution in [-0.4, -0.2) is 18.1 Å². The number of halogens is 1. The Morgan fingerprint density at radius 1 is 1.25 bits per heavy atom. The Kier molecular flexibility index (Phi) is 2.95. The first-order chi connectivity index (χ1) is 9.70. The van der Waals surface area contributed by atoms with E-state index in [0.717, 1.165) is 0 Å². The zero-order valence-corrected chi connectivity index (χ0v) is 10.6. The van der Waals surface area contributed by atoms with Crippen LogP contribution in [0.1, 0.15) is 10.4 Å². The largest absolute Gasteiger partial charge is 0.465 e. The first-order valence-corrected chi connectivity index (χ1v) is 5.92. The third kappa shape index (κ3) is 1.93. The molecule has 0 N–H and O–H groups in total. The van der Waals surface area contributed by atoms with E-state index in [-0.39, 0.29) is 5.82 Å². The molecule has 2 aromatic heterocycles. The zero-order chi connectivity index (χ0) is 14.1. The van der Waals surface area contributed by atoms with Gasteiger partial charge in [0.15, 0.2) is 5.76 Å². The van der Waals surface area contributed by atoms with Crippen molar-refractivity contribution in [3.05, 3.63) is 54.0 Å². The highest BCUT2D eigenvalue weighted by atomic mass is 19.1. The van der Waals surface area contributed by atoms with Crippen LogP contribution in [0.3, 0.4) is 0 Å². The van der Waals surface area contributed by atoms with Crippen LogP contribution in [0.4, 0.5) is 4.39 Å². The average Bonchev–Trinajstić information content (AvgIpc) is 2.86. The molecular formula is C15H10FNO3. The molecule has 0 amide bonds. The number of esters is 1. The lowest BCUT2D eigenvalue weighted by Gasteiger charge is -2.01. The highest BCUT2D eigenvalue weighted by Crippen LogP contribution is 2.33. The maximum Gasteiger partial charge on any atom is 0.342 e. The molecule has 0 saturated heterocycles. The monoisotopic (exact) mass is 271 g/mol. The summed E-state index contributed by atoms with van der Waals surface area (Å²) in [5.41, 5.74) is 1.22. The molecule has 0 bridgehead atoms. The van der Waals surface area contributed by atoms with E-state index in [1.54, 1.807) is 30.5 Å². The van der Waals surface area contributed by atoms with Gasteiger partial charge in [0.25, 0.3) is 0 Å². The van der Waals surface area contributed by atoms with E-state index < -0.39 is 5.97 Å². The minimum atomic E-state index is -0.518. The molecule has 4 nitrogen and oxygen atoms in total. The predicted molar refractivity (Wildman–Crippen MR) is 70.7 cm³/mol. The molecule has 3 aromatic rings. The second-order valence-corrected chi connectivity index (χ2v) is 4.16. The summed E-state index contributed by atoms with van der Waals surface area (Å²) < 4.78 is 23.4. The minimum absolute atomic E-state index is 0.294. The van der Waals surface area contributed by atoms with E-state index in [1.165, 1.54) is 19.2 Å². The van der Waals surface area contributed by atoms with Gasteiger partial charge in [-0.3, -0.25) is 0 Å². The highest BCUT2D eigenvalue weighted by Gasteiger charge is 2.23. The van der Waals surface area contributed by atoms with Crippen molar-refractivity contribution in [3.8, 4) is 11.3 Å². The van der Waals surface area contributed by atoms with Gasteiger partial charge in [-0.1, -0.05) is 0 Å². The fourth-order valence-corrected chi connectivity index (χ4v) is 2.04. The van der Waals surface area contributed by atoms with E-state index in [9.17, 15) is 9.18 Å². The Hall–Kier alpha value is -2.69. The molecule has 0 spiro atoms. The third-order valence-electron chi connectivity index (χ3n) is 2.96. The Bertz CT molecular complexity index is 777. The molecule has 5 heteroatoms. The van der Waals surface area contributed by atoms with E-state index >= 15 is 0 Å². The van der Waals surface area contributed by atoms with Gasteiger partial charge in [-0.2, -0.15) is 0 Å². The molecule has 0 atom stereocenters. The average molecular weight is 271 g/mol. The summed E-state index contributed by atoms with van der Waals surface area (Å²) in [5, 5.41) is 0.568. The molecule has 20 heavy (non-hydrogen) atoms. The van der Waals surface area contributed by atoms with Crippen LogP contribution in [0.15, 0.2) is 47.0 Å². The van der Waals surface area contributed by atoms with Gasteiger partial charge in [0.1, 0.15) is 11.4 Å². The van der Waals surface area contributed by atoms with E-state index in [1.807, 2.05) is 0 Å². The number of furan rings is 1. The quantitative estimate of drug-likeness (QED) is 0.670. The molecule has 0 unspecified atom stereocenters. The number of rotatable bonds is 2. The number of carbonyl (C=O) groups excluding carboxylic acids is 1. The molecule has 0 saturated carbocycles. The van der Waals surface area contributed by atoms with Gasteiger partial charge in [0, 0.05) is 11.8 Å². The Balaban J connectivity index is 2.29. The normalized spacial score (nSPS) is 10.7. The van der Waals surface area contributed by atoms with E-state index in [2.05, 4.69) is 4.98 Å². The molecule has 100 valence electrons. The Morgan fingerprint density at radius 2 is 2.00 bits per heavy atom. The van der Waals surface area contributed by atoms with Gasteiger partial charge >= 0.3 is 5.97 Å². The van der Waals surface area contributed by atoms with Crippen LogP contribution in [-0.2, 0) is 4.74 Å². The minimum Gasteiger partial charge on any atom is -0.465 e. The van der Waals surface area contributed by atoms with Crippen molar-refractivity contribution in [2.45, 2.75) is 0 Å². The zero-order valence-electron chi connectivity index (χ0n) is 10.6. The number of pyridine rings is 1. The number of aromatic nitrogens is 1. The van der Waals surface area contributed by atoms with Gasteiger partial charge in [-0.05, 0) is 36.4 Å². The van der Waals surface area contributed by atoms with Crippen LogP contribution in [0.2, 0.25) is 0 Å². The number of fused-ring (bicyclic) bond motifs is 1. The maximum absolute atomic E-state index is 13.0. The molecular weight excluding hydrogens is 261 g/mol. The molecule has 0 radical (unpaired) electrons. The standard InChI is InChI=1S/C15H10FNO3/c1-19-15(18)12-11-3-2-8-17-14(11)20-13(12)9-4-6-10(16)7-5-9/h2-8H,1H3. The Morgan fingerprint density at radius 3 is 2.70 bits per heavy atom. The first-order valence-electron chi connectivity index (χ1n) is 5.92. The summed E-state index contributed by atoms with van der Waals surface area (Å²) in [4.78, 5) is 16.0. The summed E-state index contributed by atoms with van der Waals surface area (Å²) in [7, 11) is 1.30. The van der Waals surface area contributed by atoms with Crippen molar-refractivity contribution in [3.63, 3.8) is 0 Å². The predicted octanol–water partition coefficient (Wildman–Crippen LogP) is 3.42. The fraction of sp³-hybridized carbons (Fsp3) is 0.0667. The lowest BCUT2D eigenvalue weighted by Crippen LogP contribution is -2.01. The molecule has 0 aliphatic carbocycles. The molecule has 0 fully saturated rings. The molecule has 1 aromatic carbocycles. The van der Waals surface area contributed by atoms with E-state index in [4.69, 9.17) is 9.15 Å². The summed E-state index contributed by atoms with van der Waals surface area (Å²) >= 11 is 0. The maximum atomic E-state index is 13.0. The number of hydrogen-bond donors (Lipinski definition) is 0. The lowest BCUT2D eigenvalue weighted by atomic mass is 10.1. The number of hydrogen-bond acceptors (Lipinski definition) is 4. The smallest absolute Gasteiger partial charge is 0.342 e. The van der Waals surface area contributed by atoms with E-state index in [0.29, 0.717) is 28.0 Å². The number of carbonyl (C=O) groups is 1. The second-order valence-electron chi connectivity index (χ2n) is 4.16. The third-order valence-corrected chi connectivity index (χ3v) is 2.96. The number of nitrogens with zero attached hydrogens (tertiary/aromatic N) is 1. The van der Waals surface area contributed by atoms with Crippen molar-refractivity contribution >= 4 is 17.1 Å². The summed E-state index contributed by atoms with van der Waals surface area (Å²) in [6.07, 6.45) is 1.57. The first kappa shape index (κ1) is 12.3. The fourth-order valence-electron chi connectivity index (χ4n) is 2.04. The topological polar surface area (TPSA) is 52.3 Å². The van der Waals surface area contributed by atoms with Gasteiger partial charge in [0.2, 0.25) is 5.71 Å². The highest BCUT2D eigenvalue weighted by molar-refractivity contribution is 6.07. The molecule has 0 aliphatic heterocycles. The van der Waals surface area contributed by atoms with Crippen molar-refractivity contribution in [1.29, 1.82) is 0 Å². The van der Waals surface area contributed by atoms with Crippen LogP contribution in [0, 0.1) is 5.82 Å². The summed E-state index contributed by atoms with van der Waals surface area (Å²) in [6, 6.07) is 9.12. The van der Waals surface area contributed by atoms with Crippen molar-refractivity contribution in [2.24, 2.45) is 0 Å². The second kappa shape index (κ2) is 4.77. The van der Waals surface area contributed by atoms with Crippen molar-refractivity contribution in [2.75, 3.05) is 7.11 Å². The SMILES string of the molecule is COC(=O)c1c(-c2ccc(F)cc2)oc2ncccc12. The summed E-state index contributed by atoms with van der Waals surface area (Å²) in [6.45, 7) is 0. The molecule has 2 heterocycles. The van der Waals surface area contributed by atoms with Crippen LogP contribution < -0.4 is 0 Å². The van der Waals surface area contributed by atoms with Crippen molar-refractivity contribution < 1.29 is 18.3 Å². The van der Waals surface area contributed by atoms with Gasteiger partial charge in [0.05, 0.1) is 12.5 Å². The van der Waals surface area contributed by atoms with Crippen molar-refractivity contribution in [1.82, 2.24) is 4.98 Å². The van der Waals surface area contributed by atoms with Gasteiger partial charge in [-0.15, -0.1) is 0 Å². The van der Waals surface area contributed by atoms with Crippen LogP contribution in [0.5, 0.6) is 0 Å². The van der Waals surface area contributed by atoms with Gasteiger partial charge < -0.3 is 9.15 Å². The number of methoxy groups -OCH3 is 1. The number of benzene rings is 1. The van der Waals surface area contributed by atoms with Crippen LogP contribution in [0.25, 0.3) is 22.4 Å². The molecule has 0 aliphatic rings. The molecule has 3 rings (SSSR count). The Labute approximate surface area is 113 Å². The number of ether oxygens (including phenoxy) is 1. The lowest BCUT2D eigenvalue weighted by molar-refractivity contribution is 0.0603. The summed E-state index contributed by atoms with van der Waals surface area (Å²) in [5.74, 6) is -0.552. The van der Waals surface area contributed by atoms with Crippen LogP contribution >= 0.6 is 0 Å².